The van der Waals surface area contributed by atoms with E-state index in [2.05, 4.69) is 47.9 Å². The second-order valence-electron chi connectivity index (χ2n) is 8.41. The van der Waals surface area contributed by atoms with E-state index < -0.39 is 0 Å². The maximum Gasteiger partial charge on any atom is 0.312 e. The van der Waals surface area contributed by atoms with Crippen molar-refractivity contribution < 1.29 is 4.74 Å². The largest absolute Gasteiger partial charge is 0.464 e. The summed E-state index contributed by atoms with van der Waals surface area (Å²) in [7, 11) is 2.15. The first-order valence-electron chi connectivity index (χ1n) is 10.9. The minimum atomic E-state index is 0.0582. The molecule has 1 aromatic heterocycles. The van der Waals surface area contributed by atoms with E-state index >= 15 is 0 Å². The minimum absolute atomic E-state index is 0.0582. The van der Waals surface area contributed by atoms with Gasteiger partial charge in [0.2, 0.25) is 0 Å². The zero-order valence-corrected chi connectivity index (χ0v) is 18.6. The molecule has 29 heavy (non-hydrogen) atoms. The molecule has 0 saturated heterocycles. The molecule has 0 radical (unpaired) electrons. The molecule has 3 unspecified atom stereocenters. The summed E-state index contributed by atoms with van der Waals surface area (Å²) in [5.74, 6) is 1.14. The first-order chi connectivity index (χ1) is 14.1. The van der Waals surface area contributed by atoms with Gasteiger partial charge in [0.05, 0.1) is 23.7 Å². The van der Waals surface area contributed by atoms with E-state index in [0.29, 0.717) is 17.3 Å². The van der Waals surface area contributed by atoms with Gasteiger partial charge in [0.25, 0.3) is 0 Å². The lowest BCUT2D eigenvalue weighted by Crippen LogP contribution is -2.33. The molecule has 1 aliphatic carbocycles. The highest BCUT2D eigenvalue weighted by molar-refractivity contribution is 8.00. The van der Waals surface area contributed by atoms with Crippen LogP contribution in [-0.2, 0) is 4.74 Å². The molecule has 5 nitrogen and oxygen atoms in total. The summed E-state index contributed by atoms with van der Waals surface area (Å²) in [6, 6.07) is 4.74. The Labute approximate surface area is 178 Å². The molecule has 0 N–H and O–H groups in total. The number of anilines is 1. The molecular formula is C23H32N4OS. The molecule has 3 aliphatic rings. The van der Waals surface area contributed by atoms with Gasteiger partial charge in [-0.25, -0.2) is 15.0 Å². The van der Waals surface area contributed by atoms with Crippen LogP contribution >= 0.6 is 11.8 Å². The smallest absolute Gasteiger partial charge is 0.312 e. The molecule has 1 saturated carbocycles. The van der Waals surface area contributed by atoms with Crippen molar-refractivity contribution in [3.05, 3.63) is 30.0 Å². The van der Waals surface area contributed by atoms with Crippen molar-refractivity contribution in [1.29, 1.82) is 0 Å². The topological polar surface area (TPSA) is 50.1 Å². The molecule has 1 fully saturated rings. The third-order valence-corrected chi connectivity index (χ3v) is 7.92. The minimum Gasteiger partial charge on any atom is -0.464 e. The fraction of sp³-hybridized carbons (Fsp3) is 0.609. The van der Waals surface area contributed by atoms with Crippen LogP contribution < -0.4 is 4.90 Å². The van der Waals surface area contributed by atoms with Crippen LogP contribution in [0.25, 0.3) is 0 Å². The van der Waals surface area contributed by atoms with Gasteiger partial charge in [-0.15, -0.1) is 0 Å². The SMILES string of the molecule is CC1N=C(OCCC2CCCCC2)N=CC=C1C(C)C1Sc2ncccc2N1C. The van der Waals surface area contributed by atoms with Gasteiger partial charge >= 0.3 is 6.02 Å². The van der Waals surface area contributed by atoms with Gasteiger partial charge in [-0.1, -0.05) is 50.8 Å². The highest BCUT2D eigenvalue weighted by Crippen LogP contribution is 2.45. The number of rotatable bonds is 5. The lowest BCUT2D eigenvalue weighted by Gasteiger charge is -2.30. The van der Waals surface area contributed by atoms with E-state index in [9.17, 15) is 0 Å². The molecular weight excluding hydrogens is 380 g/mol. The zero-order chi connectivity index (χ0) is 20.2. The molecule has 0 spiro atoms. The van der Waals surface area contributed by atoms with Crippen molar-refractivity contribution in [3.8, 4) is 0 Å². The highest BCUT2D eigenvalue weighted by atomic mass is 32.2. The summed E-state index contributed by atoms with van der Waals surface area (Å²) in [6.45, 7) is 5.15. The predicted octanol–water partition coefficient (Wildman–Crippen LogP) is 5.33. The Bertz CT molecular complexity index is 800. The Hall–Kier alpha value is -1.82. The molecule has 2 aliphatic heterocycles. The Morgan fingerprint density at radius 2 is 2.10 bits per heavy atom. The standard InChI is InChI=1S/C23H32N4OS/c1-16(22-27(3)20-10-7-13-24-21(20)29-22)19-11-14-25-23(26-17(19)2)28-15-12-18-8-5-4-6-9-18/h7,10-11,13-14,16-18,22H,4-6,8-9,12,15H2,1-3H3. The normalized spacial score (nSPS) is 25.8. The second-order valence-corrected chi connectivity index (χ2v) is 9.51. The average Bonchev–Trinajstić information content (AvgIpc) is 2.96. The van der Waals surface area contributed by atoms with Crippen LogP contribution in [-0.4, -0.2) is 42.3 Å². The summed E-state index contributed by atoms with van der Waals surface area (Å²) >= 11 is 1.84. The molecule has 0 bridgehead atoms. The number of ether oxygens (including phenoxy) is 1. The van der Waals surface area contributed by atoms with E-state index in [-0.39, 0.29) is 6.04 Å². The summed E-state index contributed by atoms with van der Waals surface area (Å²) < 4.78 is 5.95. The van der Waals surface area contributed by atoms with Gasteiger partial charge in [0.1, 0.15) is 5.03 Å². The average molecular weight is 413 g/mol. The molecule has 4 rings (SSSR count). The van der Waals surface area contributed by atoms with Crippen LogP contribution in [0, 0.1) is 11.8 Å². The van der Waals surface area contributed by atoms with Crippen LogP contribution in [0.5, 0.6) is 0 Å². The van der Waals surface area contributed by atoms with Gasteiger partial charge in [-0.2, -0.15) is 0 Å². The van der Waals surface area contributed by atoms with Crippen LogP contribution in [0.15, 0.2) is 45.0 Å². The maximum absolute atomic E-state index is 5.95. The number of thioether (sulfide) groups is 1. The fourth-order valence-corrected chi connectivity index (χ4v) is 5.99. The number of amidine groups is 1. The Balaban J connectivity index is 1.36. The van der Waals surface area contributed by atoms with Crippen molar-refractivity contribution in [2.45, 2.75) is 68.8 Å². The van der Waals surface area contributed by atoms with Crippen molar-refractivity contribution in [1.82, 2.24) is 4.98 Å². The number of aromatic nitrogens is 1. The van der Waals surface area contributed by atoms with Gasteiger partial charge in [0.15, 0.2) is 0 Å². The van der Waals surface area contributed by atoms with Gasteiger partial charge in [-0.3, -0.25) is 0 Å². The van der Waals surface area contributed by atoms with Crippen molar-refractivity contribution in [3.63, 3.8) is 0 Å². The first kappa shape index (κ1) is 20.5. The molecule has 3 atom stereocenters. The number of hydrogen-bond acceptors (Lipinski definition) is 6. The molecule has 0 aromatic carbocycles. The monoisotopic (exact) mass is 412 g/mol. The van der Waals surface area contributed by atoms with Crippen LogP contribution in [0.2, 0.25) is 0 Å². The van der Waals surface area contributed by atoms with Crippen LogP contribution in [0.3, 0.4) is 0 Å². The molecule has 0 amide bonds. The zero-order valence-electron chi connectivity index (χ0n) is 17.8. The quantitative estimate of drug-likeness (QED) is 0.656. The number of aliphatic imine (C=N–C) groups is 2. The summed E-state index contributed by atoms with van der Waals surface area (Å²) in [5, 5.41) is 1.42. The summed E-state index contributed by atoms with van der Waals surface area (Å²) in [5.41, 5.74) is 2.50. The van der Waals surface area contributed by atoms with E-state index in [1.807, 2.05) is 30.2 Å². The van der Waals surface area contributed by atoms with Crippen molar-refractivity contribution in [2.24, 2.45) is 21.8 Å². The van der Waals surface area contributed by atoms with Gasteiger partial charge in [0, 0.05) is 25.4 Å². The molecule has 3 heterocycles. The lowest BCUT2D eigenvalue weighted by atomic mass is 9.87. The fourth-order valence-electron chi connectivity index (χ4n) is 4.67. The Morgan fingerprint density at radius 3 is 2.90 bits per heavy atom. The number of allylic oxidation sites excluding steroid dienone is 1. The molecule has 156 valence electrons. The third-order valence-electron chi connectivity index (χ3n) is 6.42. The van der Waals surface area contributed by atoms with Crippen LogP contribution in [0.1, 0.15) is 52.4 Å². The lowest BCUT2D eigenvalue weighted by molar-refractivity contribution is 0.234. The highest BCUT2D eigenvalue weighted by Gasteiger charge is 2.35. The maximum atomic E-state index is 5.95. The number of nitrogens with zero attached hydrogens (tertiary/aromatic N) is 4. The van der Waals surface area contributed by atoms with Gasteiger partial charge in [-0.05, 0) is 43.0 Å². The third kappa shape index (κ3) is 4.68. The summed E-state index contributed by atoms with van der Waals surface area (Å²) in [4.78, 5) is 16.1. The van der Waals surface area contributed by atoms with E-state index in [0.717, 1.165) is 24.0 Å². The number of fused-ring (bicyclic) bond motifs is 1. The van der Waals surface area contributed by atoms with Crippen molar-refractivity contribution >= 4 is 29.7 Å². The second kappa shape index (κ2) is 9.33. The molecule has 6 heteroatoms. The number of pyridine rings is 1. The van der Waals surface area contributed by atoms with E-state index in [4.69, 9.17) is 9.73 Å². The van der Waals surface area contributed by atoms with Crippen molar-refractivity contribution in [2.75, 3.05) is 18.6 Å². The van der Waals surface area contributed by atoms with E-state index in [1.54, 1.807) is 0 Å². The van der Waals surface area contributed by atoms with Gasteiger partial charge < -0.3 is 9.64 Å². The Kier molecular flexibility index (Phi) is 6.58. The van der Waals surface area contributed by atoms with E-state index in [1.165, 1.54) is 43.4 Å². The number of hydrogen-bond donors (Lipinski definition) is 0. The summed E-state index contributed by atoms with van der Waals surface area (Å²) in [6.07, 6.45) is 13.8. The molecule has 1 aromatic rings. The predicted molar refractivity (Wildman–Crippen MR) is 122 cm³/mol. The van der Waals surface area contributed by atoms with Crippen LogP contribution in [0.4, 0.5) is 5.69 Å². The first-order valence-corrected chi connectivity index (χ1v) is 11.8. The Morgan fingerprint density at radius 1 is 1.28 bits per heavy atom.